The van der Waals surface area contributed by atoms with E-state index < -0.39 is 10.1 Å². The molecule has 1 rings (SSSR count). The molecule has 0 spiro atoms. The molecule has 18 heavy (non-hydrogen) atoms. The first-order chi connectivity index (χ1) is 8.56. The third kappa shape index (κ3) is 5.02. The number of hydrogen-bond donors (Lipinski definition) is 0. The Labute approximate surface area is 110 Å². The Balaban J connectivity index is 2.40. The lowest BCUT2D eigenvalue weighted by Gasteiger charge is -2.05. The highest BCUT2D eigenvalue weighted by Gasteiger charge is 2.13. The summed E-state index contributed by atoms with van der Waals surface area (Å²) in [6.45, 7) is 5.79. The monoisotopic (exact) mass is 268 g/mol. The minimum Gasteiger partial charge on any atom is -0.266 e. The second kappa shape index (κ2) is 7.34. The van der Waals surface area contributed by atoms with Gasteiger partial charge in [0.15, 0.2) is 0 Å². The third-order valence-corrected chi connectivity index (χ3v) is 3.93. The van der Waals surface area contributed by atoms with E-state index in [9.17, 15) is 8.42 Å². The van der Waals surface area contributed by atoms with Crippen LogP contribution in [0.1, 0.15) is 31.2 Å². The molecule has 0 N–H and O–H groups in total. The van der Waals surface area contributed by atoms with Gasteiger partial charge in [-0.3, -0.25) is 4.18 Å². The van der Waals surface area contributed by atoms with Crippen LogP contribution in [-0.4, -0.2) is 15.0 Å². The lowest BCUT2D eigenvalue weighted by molar-refractivity contribution is 0.307. The molecule has 1 aromatic carbocycles. The fraction of sp³-hybridized carbons (Fsp3) is 0.429. The van der Waals surface area contributed by atoms with Crippen molar-refractivity contribution in [2.75, 3.05) is 6.61 Å². The van der Waals surface area contributed by atoms with Crippen LogP contribution in [0.15, 0.2) is 41.8 Å². The average Bonchev–Trinajstić information content (AvgIpc) is 2.34. The van der Waals surface area contributed by atoms with Gasteiger partial charge in [0, 0.05) is 0 Å². The molecule has 0 unspecified atom stereocenters. The van der Waals surface area contributed by atoms with Crippen LogP contribution in [0.4, 0.5) is 0 Å². The Hall–Kier alpha value is -1.13. The highest BCUT2D eigenvalue weighted by atomic mass is 32.2. The first kappa shape index (κ1) is 14.9. The first-order valence-electron chi connectivity index (χ1n) is 6.13. The summed E-state index contributed by atoms with van der Waals surface area (Å²) < 4.78 is 28.6. The number of allylic oxidation sites excluding steroid dienone is 1. The normalized spacial score (nSPS) is 11.4. The first-order valence-corrected chi connectivity index (χ1v) is 7.54. The second-order valence-corrected chi connectivity index (χ2v) is 5.84. The molecule has 0 aliphatic rings. The van der Waals surface area contributed by atoms with Crippen molar-refractivity contribution in [3.8, 4) is 0 Å². The molecular formula is C14H20O3S. The second-order valence-electron chi connectivity index (χ2n) is 4.23. The van der Waals surface area contributed by atoms with Gasteiger partial charge in [0.1, 0.15) is 0 Å². The zero-order valence-electron chi connectivity index (χ0n) is 10.8. The summed E-state index contributed by atoms with van der Waals surface area (Å²) in [4.78, 5) is 0.221. The summed E-state index contributed by atoms with van der Waals surface area (Å²) in [5.74, 6) is 0. The van der Waals surface area contributed by atoms with Crippen LogP contribution in [-0.2, 0) is 14.3 Å². The largest absolute Gasteiger partial charge is 0.296 e. The Morgan fingerprint density at radius 2 is 1.83 bits per heavy atom. The van der Waals surface area contributed by atoms with Crippen molar-refractivity contribution in [1.29, 1.82) is 0 Å². The highest BCUT2D eigenvalue weighted by molar-refractivity contribution is 7.86. The number of unbranched alkanes of at least 4 members (excludes halogenated alkanes) is 3. The van der Waals surface area contributed by atoms with Crippen molar-refractivity contribution < 1.29 is 12.6 Å². The van der Waals surface area contributed by atoms with E-state index >= 15 is 0 Å². The van der Waals surface area contributed by atoms with Gasteiger partial charge in [-0.05, 0) is 38.3 Å². The summed E-state index contributed by atoms with van der Waals surface area (Å²) in [5.41, 5.74) is 1.03. The maximum atomic E-state index is 11.8. The van der Waals surface area contributed by atoms with E-state index in [-0.39, 0.29) is 11.5 Å². The van der Waals surface area contributed by atoms with Crippen molar-refractivity contribution >= 4 is 10.1 Å². The Kier molecular flexibility index (Phi) is 6.09. The summed E-state index contributed by atoms with van der Waals surface area (Å²) in [7, 11) is -3.59. The summed E-state index contributed by atoms with van der Waals surface area (Å²) in [5, 5.41) is 0. The molecule has 0 saturated heterocycles. The number of benzene rings is 1. The zero-order chi connectivity index (χ0) is 13.4. The van der Waals surface area contributed by atoms with Crippen molar-refractivity contribution in [2.24, 2.45) is 0 Å². The van der Waals surface area contributed by atoms with Gasteiger partial charge < -0.3 is 0 Å². The molecule has 100 valence electrons. The average molecular weight is 268 g/mol. The SMILES string of the molecule is C=CCCCCCOS(=O)(=O)c1ccc(C)cc1. The number of aryl methyl sites for hydroxylation is 1. The van der Waals surface area contributed by atoms with Gasteiger partial charge in [-0.2, -0.15) is 8.42 Å². The molecule has 3 nitrogen and oxygen atoms in total. The minimum absolute atomic E-state index is 0.221. The molecule has 0 atom stereocenters. The van der Waals surface area contributed by atoms with Crippen molar-refractivity contribution in [2.45, 2.75) is 37.5 Å². The molecule has 0 aliphatic carbocycles. The number of rotatable bonds is 8. The van der Waals surface area contributed by atoms with Gasteiger partial charge in [0.2, 0.25) is 0 Å². The quantitative estimate of drug-likeness (QED) is 0.412. The lowest BCUT2D eigenvalue weighted by atomic mass is 10.2. The van der Waals surface area contributed by atoms with Gasteiger partial charge in [-0.1, -0.05) is 30.2 Å². The summed E-state index contributed by atoms with van der Waals surface area (Å²) in [6.07, 6.45) is 5.56. The van der Waals surface area contributed by atoms with Crippen molar-refractivity contribution in [3.63, 3.8) is 0 Å². The van der Waals surface area contributed by atoms with Crippen LogP contribution in [0.5, 0.6) is 0 Å². The minimum atomic E-state index is -3.59. The van der Waals surface area contributed by atoms with E-state index in [1.165, 1.54) is 0 Å². The van der Waals surface area contributed by atoms with E-state index in [0.717, 1.165) is 31.2 Å². The predicted molar refractivity (Wildman–Crippen MR) is 73.0 cm³/mol. The molecule has 0 amide bonds. The molecule has 0 heterocycles. The standard InChI is InChI=1S/C14H20O3S/c1-3-4-5-6-7-12-17-18(15,16)14-10-8-13(2)9-11-14/h3,8-11H,1,4-7,12H2,2H3. The van der Waals surface area contributed by atoms with Crippen LogP contribution in [0, 0.1) is 6.92 Å². The van der Waals surface area contributed by atoms with Crippen LogP contribution < -0.4 is 0 Å². The van der Waals surface area contributed by atoms with Gasteiger partial charge in [-0.15, -0.1) is 6.58 Å². The molecule has 0 fully saturated rings. The van der Waals surface area contributed by atoms with Crippen LogP contribution in [0.3, 0.4) is 0 Å². The molecule has 4 heteroatoms. The van der Waals surface area contributed by atoms with E-state index in [2.05, 4.69) is 6.58 Å². The van der Waals surface area contributed by atoms with E-state index in [1.54, 1.807) is 24.3 Å². The summed E-state index contributed by atoms with van der Waals surface area (Å²) in [6, 6.07) is 6.67. The highest BCUT2D eigenvalue weighted by Crippen LogP contribution is 2.14. The van der Waals surface area contributed by atoms with Crippen LogP contribution in [0.2, 0.25) is 0 Å². The maximum Gasteiger partial charge on any atom is 0.296 e. The van der Waals surface area contributed by atoms with Crippen molar-refractivity contribution in [1.82, 2.24) is 0 Å². The molecule has 1 aromatic rings. The fourth-order valence-corrected chi connectivity index (χ4v) is 2.45. The number of hydrogen-bond acceptors (Lipinski definition) is 3. The molecule has 0 radical (unpaired) electrons. The topological polar surface area (TPSA) is 43.4 Å². The van der Waals surface area contributed by atoms with Gasteiger partial charge in [0.05, 0.1) is 11.5 Å². The van der Waals surface area contributed by atoms with Gasteiger partial charge in [0.25, 0.3) is 10.1 Å². The Morgan fingerprint density at radius 1 is 1.17 bits per heavy atom. The maximum absolute atomic E-state index is 11.8. The molecule has 0 aromatic heterocycles. The molecular weight excluding hydrogens is 248 g/mol. The molecule has 0 bridgehead atoms. The van der Waals surface area contributed by atoms with E-state index in [4.69, 9.17) is 4.18 Å². The Morgan fingerprint density at radius 3 is 2.44 bits per heavy atom. The molecule has 0 aliphatic heterocycles. The van der Waals surface area contributed by atoms with Gasteiger partial charge >= 0.3 is 0 Å². The van der Waals surface area contributed by atoms with Crippen LogP contribution in [0.25, 0.3) is 0 Å². The Bertz CT molecular complexity index is 460. The van der Waals surface area contributed by atoms with Gasteiger partial charge in [-0.25, -0.2) is 0 Å². The van der Waals surface area contributed by atoms with E-state index in [0.29, 0.717) is 0 Å². The zero-order valence-corrected chi connectivity index (χ0v) is 11.6. The molecule has 0 saturated carbocycles. The predicted octanol–water partition coefficient (Wildman–Crippen LogP) is 3.45. The van der Waals surface area contributed by atoms with E-state index in [1.807, 2.05) is 13.0 Å². The smallest absolute Gasteiger partial charge is 0.266 e. The van der Waals surface area contributed by atoms with Crippen molar-refractivity contribution in [3.05, 3.63) is 42.5 Å². The van der Waals surface area contributed by atoms with Crippen LogP contribution >= 0.6 is 0 Å². The summed E-state index contributed by atoms with van der Waals surface area (Å²) >= 11 is 0. The fourth-order valence-electron chi connectivity index (χ4n) is 1.51. The third-order valence-electron chi connectivity index (χ3n) is 2.60. The lowest BCUT2D eigenvalue weighted by Crippen LogP contribution is -2.07.